The molecule has 0 saturated carbocycles. The van der Waals surface area contributed by atoms with Crippen molar-refractivity contribution in [2.45, 2.75) is 0 Å². The Morgan fingerprint density at radius 1 is 0.283 bits per heavy atom. The van der Waals surface area contributed by atoms with Gasteiger partial charge in [0.15, 0.2) is 0 Å². The number of halogens is 1. The first-order chi connectivity index (χ1) is 26.3. The minimum atomic E-state index is 1.08. The van der Waals surface area contributed by atoms with Gasteiger partial charge >= 0.3 is 0 Å². The molecule has 2 aromatic heterocycles. The standard InChI is InChI=1S/C50H31BrN2/c51-50-38(42-30-46-48(36-22-9-7-20-34(36)42)40-24-11-13-28-44(40)52(46)32-16-3-1-4-17-32)26-15-27-39(50)43-31-47-49(37-23-10-8-21-35(37)43)41-25-12-14-29-45(41)53(47)33-18-5-2-6-19-33/h1-31H. The average molecular weight is 740 g/mol. The maximum absolute atomic E-state index is 4.24. The van der Waals surface area contributed by atoms with Crippen LogP contribution in [0.4, 0.5) is 0 Å². The van der Waals surface area contributed by atoms with E-state index in [9.17, 15) is 0 Å². The molecule has 0 amide bonds. The number of rotatable bonds is 4. The number of para-hydroxylation sites is 4. The molecule has 53 heavy (non-hydrogen) atoms. The van der Waals surface area contributed by atoms with Crippen LogP contribution >= 0.6 is 15.9 Å². The van der Waals surface area contributed by atoms with Gasteiger partial charge < -0.3 is 9.13 Å². The molecule has 0 bridgehead atoms. The van der Waals surface area contributed by atoms with Crippen LogP contribution in [0.25, 0.3) is 98.8 Å². The third-order valence-corrected chi connectivity index (χ3v) is 11.8. The van der Waals surface area contributed by atoms with Crippen LogP contribution in [0.3, 0.4) is 0 Å². The van der Waals surface area contributed by atoms with Gasteiger partial charge in [-0.05, 0) is 108 Å². The second kappa shape index (κ2) is 11.8. The predicted molar refractivity (Wildman–Crippen MR) is 229 cm³/mol. The third kappa shape index (κ3) is 4.44. The lowest BCUT2D eigenvalue weighted by Gasteiger charge is -2.17. The Labute approximate surface area is 314 Å². The van der Waals surface area contributed by atoms with Crippen LogP contribution in [0, 0.1) is 0 Å². The van der Waals surface area contributed by atoms with Crippen LogP contribution in [0.1, 0.15) is 0 Å². The summed E-state index contributed by atoms with van der Waals surface area (Å²) in [4.78, 5) is 0. The number of nitrogens with zero attached hydrogens (tertiary/aromatic N) is 2. The van der Waals surface area contributed by atoms with E-state index in [1.54, 1.807) is 0 Å². The van der Waals surface area contributed by atoms with Gasteiger partial charge in [-0.15, -0.1) is 0 Å². The molecule has 0 atom stereocenters. The Hall–Kier alpha value is -6.42. The normalized spacial score (nSPS) is 11.9. The fourth-order valence-corrected chi connectivity index (χ4v) is 9.46. The van der Waals surface area contributed by atoms with Crippen LogP contribution in [-0.2, 0) is 0 Å². The third-order valence-electron chi connectivity index (χ3n) is 11.0. The molecule has 2 nitrogen and oxygen atoms in total. The summed E-state index contributed by atoms with van der Waals surface area (Å²) in [5.74, 6) is 0. The lowest BCUT2D eigenvalue weighted by Crippen LogP contribution is -1.95. The molecule has 3 heteroatoms. The molecule has 0 aliphatic carbocycles. The second-order valence-corrected chi connectivity index (χ2v) is 14.6. The van der Waals surface area contributed by atoms with Gasteiger partial charge in [0, 0.05) is 37.4 Å². The fourth-order valence-electron chi connectivity index (χ4n) is 8.76. The number of fused-ring (bicyclic) bond motifs is 10. The van der Waals surface area contributed by atoms with Gasteiger partial charge in [0.05, 0.1) is 22.1 Å². The van der Waals surface area contributed by atoms with Crippen LogP contribution in [0.2, 0.25) is 0 Å². The Morgan fingerprint density at radius 2 is 0.642 bits per heavy atom. The molecule has 0 aliphatic rings. The molecular weight excluding hydrogens is 708 g/mol. The Kier molecular flexibility index (Phi) is 6.74. The quantitative estimate of drug-likeness (QED) is 0.170. The van der Waals surface area contributed by atoms with Gasteiger partial charge in [0.2, 0.25) is 0 Å². The van der Waals surface area contributed by atoms with Crippen molar-refractivity contribution in [3.05, 3.63) is 193 Å². The zero-order valence-electron chi connectivity index (χ0n) is 28.7. The van der Waals surface area contributed by atoms with Gasteiger partial charge in [-0.1, -0.05) is 140 Å². The summed E-state index contributed by atoms with van der Waals surface area (Å²) < 4.78 is 5.92. The maximum Gasteiger partial charge on any atom is 0.0553 e. The highest BCUT2D eigenvalue weighted by molar-refractivity contribution is 9.10. The molecular formula is C50H31BrN2. The molecule has 0 spiro atoms. The van der Waals surface area contributed by atoms with Gasteiger partial charge in [-0.3, -0.25) is 0 Å². The highest BCUT2D eigenvalue weighted by Gasteiger charge is 2.22. The SMILES string of the molecule is Brc1c(-c2cc3c(c4ccccc24)c2ccccc2n3-c2ccccc2)cccc1-c1cc2c(c3ccccc13)c1ccccc1n2-c1ccccc1. The van der Waals surface area contributed by atoms with Gasteiger partial charge in [-0.25, -0.2) is 0 Å². The number of hydrogen-bond acceptors (Lipinski definition) is 0. The van der Waals surface area contributed by atoms with Crippen LogP contribution < -0.4 is 0 Å². The lowest BCUT2D eigenvalue weighted by molar-refractivity contribution is 1.18. The van der Waals surface area contributed by atoms with Crippen LogP contribution in [0.5, 0.6) is 0 Å². The number of hydrogen-bond donors (Lipinski definition) is 0. The smallest absolute Gasteiger partial charge is 0.0553 e. The maximum atomic E-state index is 4.24. The van der Waals surface area contributed by atoms with E-state index in [2.05, 4.69) is 213 Å². The van der Waals surface area contributed by atoms with E-state index in [-0.39, 0.29) is 0 Å². The highest BCUT2D eigenvalue weighted by atomic mass is 79.9. The first-order valence-corrected chi connectivity index (χ1v) is 18.9. The van der Waals surface area contributed by atoms with Crippen LogP contribution in [0.15, 0.2) is 193 Å². The van der Waals surface area contributed by atoms with Crippen molar-refractivity contribution in [2.75, 3.05) is 0 Å². The summed E-state index contributed by atoms with van der Waals surface area (Å²) in [6, 6.07) is 68.4. The molecule has 0 radical (unpaired) electrons. The van der Waals surface area contributed by atoms with E-state index in [1.807, 2.05) is 0 Å². The van der Waals surface area contributed by atoms with Crippen molar-refractivity contribution in [3.63, 3.8) is 0 Å². The van der Waals surface area contributed by atoms with Crippen molar-refractivity contribution in [1.82, 2.24) is 9.13 Å². The average Bonchev–Trinajstić information content (AvgIpc) is 3.74. The minimum Gasteiger partial charge on any atom is -0.309 e. The molecule has 0 fully saturated rings. The zero-order chi connectivity index (χ0) is 35.0. The summed E-state index contributed by atoms with van der Waals surface area (Å²) in [7, 11) is 0. The molecule has 11 aromatic rings. The van der Waals surface area contributed by atoms with E-state index < -0.39 is 0 Å². The summed E-state index contributed by atoms with van der Waals surface area (Å²) in [5.41, 5.74) is 11.8. The first kappa shape index (κ1) is 30.2. The number of benzene rings is 9. The number of aromatic nitrogens is 2. The summed E-state index contributed by atoms with van der Waals surface area (Å²) in [5, 5.41) is 10.1. The fraction of sp³-hybridized carbons (Fsp3) is 0. The van der Waals surface area contributed by atoms with Crippen molar-refractivity contribution >= 4 is 81.1 Å². The van der Waals surface area contributed by atoms with Gasteiger partial charge in [0.1, 0.15) is 0 Å². The second-order valence-electron chi connectivity index (χ2n) is 13.8. The van der Waals surface area contributed by atoms with Gasteiger partial charge in [0.25, 0.3) is 0 Å². The van der Waals surface area contributed by atoms with E-state index in [4.69, 9.17) is 0 Å². The molecule has 0 unspecified atom stereocenters. The van der Waals surface area contributed by atoms with Crippen molar-refractivity contribution in [1.29, 1.82) is 0 Å². The monoisotopic (exact) mass is 738 g/mol. The summed E-state index contributed by atoms with van der Waals surface area (Å²) in [6.45, 7) is 0. The van der Waals surface area contributed by atoms with Crippen molar-refractivity contribution < 1.29 is 0 Å². The van der Waals surface area contributed by atoms with E-state index >= 15 is 0 Å². The summed E-state index contributed by atoms with van der Waals surface area (Å²) in [6.07, 6.45) is 0. The predicted octanol–water partition coefficient (Wildman–Crippen LogP) is 14.3. The lowest BCUT2D eigenvalue weighted by atomic mass is 9.91. The molecule has 2 heterocycles. The highest BCUT2D eigenvalue weighted by Crippen LogP contribution is 2.47. The van der Waals surface area contributed by atoms with Crippen molar-refractivity contribution in [2.24, 2.45) is 0 Å². The van der Waals surface area contributed by atoms with Crippen LogP contribution in [-0.4, -0.2) is 9.13 Å². The first-order valence-electron chi connectivity index (χ1n) is 18.1. The molecule has 0 saturated heterocycles. The van der Waals surface area contributed by atoms with Crippen molar-refractivity contribution in [3.8, 4) is 33.6 Å². The largest absolute Gasteiger partial charge is 0.309 e. The van der Waals surface area contributed by atoms with E-state index in [0.29, 0.717) is 0 Å². The Morgan fingerprint density at radius 3 is 1.08 bits per heavy atom. The molecule has 11 rings (SSSR count). The van der Waals surface area contributed by atoms with E-state index in [1.165, 1.54) is 87.4 Å². The molecule has 0 aliphatic heterocycles. The molecule has 0 N–H and O–H groups in total. The summed E-state index contributed by atoms with van der Waals surface area (Å²) >= 11 is 4.24. The van der Waals surface area contributed by atoms with Gasteiger partial charge in [-0.2, -0.15) is 0 Å². The van der Waals surface area contributed by atoms with E-state index in [0.717, 1.165) is 15.8 Å². The topological polar surface area (TPSA) is 9.86 Å². The Bertz CT molecular complexity index is 3010. The zero-order valence-corrected chi connectivity index (χ0v) is 30.3. The molecule has 248 valence electrons. The molecule has 9 aromatic carbocycles. The minimum absolute atomic E-state index is 1.08. The Balaban J connectivity index is 1.23.